The van der Waals surface area contributed by atoms with Crippen LogP contribution in [0.4, 0.5) is 0 Å². The Labute approximate surface area is 115 Å². The summed E-state index contributed by atoms with van der Waals surface area (Å²) < 4.78 is 1.91. The van der Waals surface area contributed by atoms with E-state index in [4.69, 9.17) is 11.6 Å². The third-order valence-electron chi connectivity index (χ3n) is 4.06. The number of rotatable bonds is 6. The molecule has 1 atom stereocenters. The average Bonchev–Trinajstić information content (AvgIpc) is 2.96. The molecule has 102 valence electrons. The molecule has 1 unspecified atom stereocenters. The van der Waals surface area contributed by atoms with Gasteiger partial charge in [-0.2, -0.15) is 5.10 Å². The molecule has 0 spiro atoms. The summed E-state index contributed by atoms with van der Waals surface area (Å²) in [6.45, 7) is 3.11. The minimum Gasteiger partial charge on any atom is -0.309 e. The van der Waals surface area contributed by atoms with Crippen molar-refractivity contribution in [2.75, 3.05) is 6.54 Å². The highest BCUT2D eigenvalue weighted by Crippen LogP contribution is 2.32. The van der Waals surface area contributed by atoms with Crippen LogP contribution in [0.5, 0.6) is 0 Å². The molecule has 3 nitrogen and oxygen atoms in total. The number of halogens is 1. The Morgan fingerprint density at radius 2 is 2.22 bits per heavy atom. The summed E-state index contributed by atoms with van der Waals surface area (Å²) in [5.74, 6) is 0.929. The minimum absolute atomic E-state index is 0.343. The molecule has 1 aromatic heterocycles. The van der Waals surface area contributed by atoms with Gasteiger partial charge in [0.1, 0.15) is 0 Å². The van der Waals surface area contributed by atoms with E-state index in [9.17, 15) is 0 Å². The van der Waals surface area contributed by atoms with Crippen molar-refractivity contribution in [1.82, 2.24) is 15.1 Å². The molecule has 18 heavy (non-hydrogen) atoms. The van der Waals surface area contributed by atoms with Gasteiger partial charge in [0.05, 0.1) is 23.0 Å². The van der Waals surface area contributed by atoms with E-state index >= 15 is 0 Å². The summed E-state index contributed by atoms with van der Waals surface area (Å²) in [6, 6.07) is 0.343. The van der Waals surface area contributed by atoms with Gasteiger partial charge < -0.3 is 5.32 Å². The molecular formula is C14H24ClN3. The largest absolute Gasteiger partial charge is 0.309 e. The van der Waals surface area contributed by atoms with E-state index in [-0.39, 0.29) is 0 Å². The van der Waals surface area contributed by atoms with Gasteiger partial charge >= 0.3 is 0 Å². The second-order valence-electron chi connectivity index (χ2n) is 5.34. The summed E-state index contributed by atoms with van der Waals surface area (Å²) in [7, 11) is 1.97. The molecule has 0 radical (unpaired) electrons. The highest BCUT2D eigenvalue weighted by atomic mass is 35.5. The topological polar surface area (TPSA) is 29.9 Å². The molecule has 1 aromatic rings. The molecule has 1 heterocycles. The summed E-state index contributed by atoms with van der Waals surface area (Å²) in [6.07, 6.45) is 9.88. The molecule has 1 fully saturated rings. The zero-order valence-corrected chi connectivity index (χ0v) is 12.2. The van der Waals surface area contributed by atoms with Crippen molar-refractivity contribution >= 4 is 11.6 Å². The minimum atomic E-state index is 0.343. The van der Waals surface area contributed by atoms with E-state index in [1.165, 1.54) is 32.1 Å². The highest BCUT2D eigenvalue weighted by molar-refractivity contribution is 6.31. The molecule has 0 saturated heterocycles. The summed E-state index contributed by atoms with van der Waals surface area (Å²) in [5.41, 5.74) is 1.14. The van der Waals surface area contributed by atoms with Crippen LogP contribution >= 0.6 is 11.6 Å². The predicted molar refractivity (Wildman–Crippen MR) is 75.8 cm³/mol. The SMILES string of the molecule is CCNC(CCC1CCCC1)c1c(Cl)cnn1C. The van der Waals surface area contributed by atoms with Crippen LogP contribution in [0.2, 0.25) is 5.02 Å². The first-order valence-electron chi connectivity index (χ1n) is 7.13. The fraction of sp³-hybridized carbons (Fsp3) is 0.786. The van der Waals surface area contributed by atoms with E-state index < -0.39 is 0 Å². The van der Waals surface area contributed by atoms with Gasteiger partial charge in [-0.3, -0.25) is 4.68 Å². The molecule has 4 heteroatoms. The van der Waals surface area contributed by atoms with Crippen LogP contribution in [0, 0.1) is 5.92 Å². The maximum Gasteiger partial charge on any atom is 0.0833 e. The lowest BCUT2D eigenvalue weighted by Crippen LogP contribution is -2.24. The van der Waals surface area contributed by atoms with Crippen LogP contribution in [0.3, 0.4) is 0 Å². The van der Waals surface area contributed by atoms with Gasteiger partial charge in [-0.05, 0) is 25.3 Å². The van der Waals surface area contributed by atoms with Crippen molar-refractivity contribution in [2.24, 2.45) is 13.0 Å². The predicted octanol–water partition coefficient (Wildman–Crippen LogP) is 3.69. The Balaban J connectivity index is 1.98. The number of hydrogen-bond donors (Lipinski definition) is 1. The molecule has 1 N–H and O–H groups in total. The average molecular weight is 270 g/mol. The summed E-state index contributed by atoms with van der Waals surface area (Å²) >= 11 is 6.25. The maximum absolute atomic E-state index is 6.25. The Bertz CT molecular complexity index is 350. The Morgan fingerprint density at radius 1 is 1.50 bits per heavy atom. The Hall–Kier alpha value is -0.540. The second-order valence-corrected chi connectivity index (χ2v) is 5.75. The molecule has 2 rings (SSSR count). The van der Waals surface area contributed by atoms with E-state index in [1.54, 1.807) is 6.20 Å². The first-order chi connectivity index (χ1) is 8.72. The normalized spacial score (nSPS) is 18.4. The number of hydrogen-bond acceptors (Lipinski definition) is 2. The van der Waals surface area contributed by atoms with Gasteiger partial charge in [0.25, 0.3) is 0 Å². The fourth-order valence-electron chi connectivity index (χ4n) is 3.10. The fourth-order valence-corrected chi connectivity index (χ4v) is 3.39. The van der Waals surface area contributed by atoms with Crippen LogP contribution in [0.1, 0.15) is 57.2 Å². The molecule has 1 aliphatic rings. The Morgan fingerprint density at radius 3 is 2.78 bits per heavy atom. The monoisotopic (exact) mass is 269 g/mol. The zero-order valence-electron chi connectivity index (χ0n) is 11.5. The lowest BCUT2D eigenvalue weighted by atomic mass is 9.97. The van der Waals surface area contributed by atoms with Gasteiger partial charge in [0.15, 0.2) is 0 Å². The smallest absolute Gasteiger partial charge is 0.0833 e. The molecule has 0 amide bonds. The van der Waals surface area contributed by atoms with E-state index in [1.807, 2.05) is 11.7 Å². The van der Waals surface area contributed by atoms with Crippen LogP contribution < -0.4 is 5.32 Å². The third-order valence-corrected chi connectivity index (χ3v) is 4.35. The molecule has 0 bridgehead atoms. The standard InChI is InChI=1S/C14H24ClN3/c1-3-16-13(9-8-11-6-4-5-7-11)14-12(15)10-17-18(14)2/h10-11,13,16H,3-9H2,1-2H3. The highest BCUT2D eigenvalue weighted by Gasteiger charge is 2.21. The van der Waals surface area contributed by atoms with Crippen LogP contribution in [-0.4, -0.2) is 16.3 Å². The lowest BCUT2D eigenvalue weighted by molar-refractivity contribution is 0.403. The molecule has 0 aromatic carbocycles. The third kappa shape index (κ3) is 3.27. The van der Waals surface area contributed by atoms with E-state index in [0.717, 1.165) is 29.6 Å². The first-order valence-corrected chi connectivity index (χ1v) is 7.51. The zero-order chi connectivity index (χ0) is 13.0. The molecule has 1 saturated carbocycles. The van der Waals surface area contributed by atoms with Crippen molar-refractivity contribution in [1.29, 1.82) is 0 Å². The molecule has 1 aliphatic carbocycles. The maximum atomic E-state index is 6.25. The van der Waals surface area contributed by atoms with Crippen LogP contribution in [0.15, 0.2) is 6.20 Å². The molecule has 0 aliphatic heterocycles. The van der Waals surface area contributed by atoms with Crippen molar-refractivity contribution in [2.45, 2.75) is 51.5 Å². The number of aromatic nitrogens is 2. The number of nitrogens with zero attached hydrogens (tertiary/aromatic N) is 2. The summed E-state index contributed by atoms with van der Waals surface area (Å²) in [4.78, 5) is 0. The first kappa shape index (κ1) is 13.9. The van der Waals surface area contributed by atoms with Gasteiger partial charge in [0, 0.05) is 7.05 Å². The quantitative estimate of drug-likeness (QED) is 0.854. The van der Waals surface area contributed by atoms with Gasteiger partial charge in [-0.25, -0.2) is 0 Å². The number of aryl methyl sites for hydroxylation is 1. The van der Waals surface area contributed by atoms with Gasteiger partial charge in [-0.15, -0.1) is 0 Å². The lowest BCUT2D eigenvalue weighted by Gasteiger charge is -2.20. The summed E-state index contributed by atoms with van der Waals surface area (Å²) in [5, 5.41) is 8.58. The second kappa shape index (κ2) is 6.58. The van der Waals surface area contributed by atoms with E-state index in [0.29, 0.717) is 6.04 Å². The molecular weight excluding hydrogens is 246 g/mol. The van der Waals surface area contributed by atoms with Crippen molar-refractivity contribution in [3.63, 3.8) is 0 Å². The number of nitrogens with one attached hydrogen (secondary N) is 1. The van der Waals surface area contributed by atoms with Crippen molar-refractivity contribution in [3.8, 4) is 0 Å². The van der Waals surface area contributed by atoms with Gasteiger partial charge in [-0.1, -0.05) is 44.2 Å². The van der Waals surface area contributed by atoms with Crippen LogP contribution in [-0.2, 0) is 7.05 Å². The van der Waals surface area contributed by atoms with E-state index in [2.05, 4.69) is 17.3 Å². The van der Waals surface area contributed by atoms with Gasteiger partial charge in [0.2, 0.25) is 0 Å². The van der Waals surface area contributed by atoms with Crippen molar-refractivity contribution < 1.29 is 0 Å². The Kier molecular flexibility index (Phi) is 5.07. The van der Waals surface area contributed by atoms with Crippen LogP contribution in [0.25, 0.3) is 0 Å². The van der Waals surface area contributed by atoms with Crippen molar-refractivity contribution in [3.05, 3.63) is 16.9 Å².